The lowest BCUT2D eigenvalue weighted by atomic mass is 10.0. The molecule has 1 fully saturated rings. The van der Waals surface area contributed by atoms with Crippen LogP contribution < -0.4 is 10.1 Å². The lowest BCUT2D eigenvalue weighted by Crippen LogP contribution is -2.44. The number of nitrogens with zero attached hydrogens (tertiary/aromatic N) is 1. The Morgan fingerprint density at radius 2 is 1.67 bits per heavy atom. The second-order valence-corrected chi connectivity index (χ2v) is 8.78. The van der Waals surface area contributed by atoms with E-state index in [0.717, 1.165) is 0 Å². The van der Waals surface area contributed by atoms with Crippen molar-refractivity contribution in [2.75, 3.05) is 13.1 Å². The maximum Gasteiger partial charge on any atom is 0.251 e. The molecule has 3 aromatic carbocycles. The molecule has 1 aliphatic rings. The minimum absolute atomic E-state index is 0.0154. The molecule has 0 aliphatic carbocycles. The van der Waals surface area contributed by atoms with Crippen LogP contribution in [0.15, 0.2) is 65.1 Å². The number of hydrogen-bond donors (Lipinski definition) is 1. The van der Waals surface area contributed by atoms with Crippen LogP contribution in [0.25, 0.3) is 0 Å². The SMILES string of the molecule is O=C(NC1CCN(Cc2c(F)cccc2F)CC1)c1ccc(Oc2cc(F)ccc2Br)cc1. The Morgan fingerprint density at radius 3 is 2.33 bits per heavy atom. The highest BCUT2D eigenvalue weighted by Crippen LogP contribution is 2.30. The molecular weight excluding hydrogens is 497 g/mol. The van der Waals surface area contributed by atoms with Gasteiger partial charge in [-0.15, -0.1) is 0 Å². The predicted octanol–water partition coefficient (Wildman–Crippen LogP) is 6.05. The summed E-state index contributed by atoms with van der Waals surface area (Å²) in [6.07, 6.45) is 1.38. The molecule has 3 aromatic rings. The molecule has 1 amide bonds. The highest BCUT2D eigenvalue weighted by Gasteiger charge is 2.23. The Bertz CT molecular complexity index is 1110. The number of amides is 1. The molecule has 172 valence electrons. The highest BCUT2D eigenvalue weighted by molar-refractivity contribution is 9.10. The minimum atomic E-state index is -0.539. The zero-order valence-electron chi connectivity index (χ0n) is 17.7. The zero-order chi connectivity index (χ0) is 23.4. The fourth-order valence-electron chi connectivity index (χ4n) is 3.77. The molecule has 1 aliphatic heterocycles. The maximum atomic E-state index is 13.9. The first kappa shape index (κ1) is 23.3. The van der Waals surface area contributed by atoms with Gasteiger partial charge in [0, 0.05) is 42.9 Å². The lowest BCUT2D eigenvalue weighted by Gasteiger charge is -2.32. The van der Waals surface area contributed by atoms with Crippen molar-refractivity contribution in [3.8, 4) is 11.5 Å². The number of nitrogens with one attached hydrogen (secondary N) is 1. The number of hydrogen-bond acceptors (Lipinski definition) is 3. The van der Waals surface area contributed by atoms with Crippen molar-refractivity contribution < 1.29 is 22.7 Å². The van der Waals surface area contributed by atoms with E-state index in [1.54, 1.807) is 30.3 Å². The number of benzene rings is 3. The lowest BCUT2D eigenvalue weighted by molar-refractivity contribution is 0.0908. The Kier molecular flexibility index (Phi) is 7.35. The van der Waals surface area contributed by atoms with Crippen molar-refractivity contribution in [3.05, 3.63) is 93.7 Å². The molecule has 1 saturated heterocycles. The van der Waals surface area contributed by atoms with Gasteiger partial charge in [0.25, 0.3) is 5.91 Å². The molecule has 0 bridgehead atoms. The van der Waals surface area contributed by atoms with Crippen LogP contribution in [0.3, 0.4) is 0 Å². The highest BCUT2D eigenvalue weighted by atomic mass is 79.9. The zero-order valence-corrected chi connectivity index (χ0v) is 19.2. The van der Waals surface area contributed by atoms with Gasteiger partial charge in [0.15, 0.2) is 0 Å². The third-order valence-corrected chi connectivity index (χ3v) is 6.26. The molecule has 1 heterocycles. The van der Waals surface area contributed by atoms with Gasteiger partial charge in [0.05, 0.1) is 4.47 Å². The third kappa shape index (κ3) is 5.94. The van der Waals surface area contributed by atoms with Crippen molar-refractivity contribution in [2.24, 2.45) is 0 Å². The van der Waals surface area contributed by atoms with Crippen LogP contribution in [0.1, 0.15) is 28.8 Å². The minimum Gasteiger partial charge on any atom is -0.456 e. The molecule has 33 heavy (non-hydrogen) atoms. The van der Waals surface area contributed by atoms with Crippen molar-refractivity contribution in [1.29, 1.82) is 0 Å². The third-order valence-electron chi connectivity index (χ3n) is 5.60. The van der Waals surface area contributed by atoms with E-state index in [2.05, 4.69) is 21.2 Å². The van der Waals surface area contributed by atoms with Gasteiger partial charge in [-0.25, -0.2) is 13.2 Å². The molecule has 4 rings (SSSR count). The van der Waals surface area contributed by atoms with E-state index in [1.807, 2.05) is 4.90 Å². The van der Waals surface area contributed by atoms with Crippen molar-refractivity contribution in [1.82, 2.24) is 10.2 Å². The number of carbonyl (C=O) groups excluding carboxylic acids is 1. The predicted molar refractivity (Wildman–Crippen MR) is 123 cm³/mol. The molecule has 4 nitrogen and oxygen atoms in total. The smallest absolute Gasteiger partial charge is 0.251 e. The average molecular weight is 519 g/mol. The summed E-state index contributed by atoms with van der Waals surface area (Å²) in [5.74, 6) is -0.868. The van der Waals surface area contributed by atoms with E-state index < -0.39 is 17.5 Å². The van der Waals surface area contributed by atoms with E-state index in [4.69, 9.17) is 4.74 Å². The molecule has 8 heteroatoms. The summed E-state index contributed by atoms with van der Waals surface area (Å²) in [4.78, 5) is 14.6. The van der Waals surface area contributed by atoms with Gasteiger partial charge in [-0.1, -0.05) is 6.07 Å². The van der Waals surface area contributed by atoms with Crippen molar-refractivity contribution in [3.63, 3.8) is 0 Å². The van der Waals surface area contributed by atoms with Crippen LogP contribution in [0, 0.1) is 17.5 Å². The van der Waals surface area contributed by atoms with Gasteiger partial charge in [-0.3, -0.25) is 9.69 Å². The summed E-state index contributed by atoms with van der Waals surface area (Å²) >= 11 is 3.31. The van der Waals surface area contributed by atoms with Crippen LogP contribution in [-0.4, -0.2) is 29.9 Å². The maximum absolute atomic E-state index is 13.9. The Hall–Kier alpha value is -2.84. The van der Waals surface area contributed by atoms with Crippen LogP contribution in [0.2, 0.25) is 0 Å². The van der Waals surface area contributed by atoms with Crippen LogP contribution in [-0.2, 0) is 6.54 Å². The monoisotopic (exact) mass is 518 g/mol. The summed E-state index contributed by atoms with van der Waals surface area (Å²) in [6.45, 7) is 1.48. The number of ether oxygens (including phenoxy) is 1. The summed E-state index contributed by atoms with van der Waals surface area (Å²) in [6, 6.07) is 14.6. The normalized spacial score (nSPS) is 14.8. The standard InChI is InChI=1S/C25H22BrF3N2O2/c26-21-9-6-17(27)14-24(21)33-19-7-4-16(5-8-19)25(32)30-18-10-12-31(13-11-18)15-20-22(28)2-1-3-23(20)29/h1-9,14,18H,10-13,15H2,(H,30,32). The van der Waals surface area contributed by atoms with Gasteiger partial charge in [0.2, 0.25) is 0 Å². The quantitative estimate of drug-likeness (QED) is 0.431. The van der Waals surface area contributed by atoms with Crippen LogP contribution in [0.5, 0.6) is 11.5 Å². The molecule has 0 atom stereocenters. The van der Waals surface area contributed by atoms with E-state index in [0.29, 0.717) is 47.5 Å². The van der Waals surface area contributed by atoms with Gasteiger partial charge < -0.3 is 10.1 Å². The number of piperidine rings is 1. The fraction of sp³-hybridized carbons (Fsp3) is 0.240. The first-order chi connectivity index (χ1) is 15.9. The number of rotatable bonds is 6. The summed E-state index contributed by atoms with van der Waals surface area (Å²) in [7, 11) is 0. The molecule has 0 aromatic heterocycles. The molecule has 1 N–H and O–H groups in total. The Balaban J connectivity index is 1.29. The van der Waals surface area contributed by atoms with Crippen LogP contribution >= 0.6 is 15.9 Å². The van der Waals surface area contributed by atoms with E-state index in [-0.39, 0.29) is 24.1 Å². The molecular formula is C25H22BrF3N2O2. The van der Waals surface area contributed by atoms with Gasteiger partial charge >= 0.3 is 0 Å². The first-order valence-corrected chi connectivity index (χ1v) is 11.4. The van der Waals surface area contributed by atoms with E-state index in [9.17, 15) is 18.0 Å². The number of halogens is 4. The number of likely N-dealkylation sites (tertiary alicyclic amines) is 1. The summed E-state index contributed by atoms with van der Waals surface area (Å²) < 4.78 is 47.5. The first-order valence-electron chi connectivity index (χ1n) is 10.6. The fourth-order valence-corrected chi connectivity index (χ4v) is 4.10. The van der Waals surface area contributed by atoms with Gasteiger partial charge in [-0.2, -0.15) is 0 Å². The Morgan fingerprint density at radius 1 is 1.00 bits per heavy atom. The van der Waals surface area contributed by atoms with E-state index >= 15 is 0 Å². The second kappa shape index (κ2) is 10.4. The second-order valence-electron chi connectivity index (χ2n) is 7.93. The molecule has 0 spiro atoms. The van der Waals surface area contributed by atoms with E-state index in [1.165, 1.54) is 30.3 Å². The van der Waals surface area contributed by atoms with Crippen LogP contribution in [0.4, 0.5) is 13.2 Å². The van der Waals surface area contributed by atoms with Crippen molar-refractivity contribution >= 4 is 21.8 Å². The average Bonchev–Trinajstić information content (AvgIpc) is 2.80. The summed E-state index contributed by atoms with van der Waals surface area (Å²) in [5.41, 5.74) is 0.559. The molecule has 0 radical (unpaired) electrons. The topological polar surface area (TPSA) is 41.6 Å². The molecule has 0 unspecified atom stereocenters. The molecule has 0 saturated carbocycles. The Labute approximate surface area is 198 Å². The largest absolute Gasteiger partial charge is 0.456 e. The summed E-state index contributed by atoms with van der Waals surface area (Å²) in [5, 5.41) is 3.02. The van der Waals surface area contributed by atoms with Gasteiger partial charge in [-0.05, 0) is 77.3 Å². The van der Waals surface area contributed by atoms with Crippen molar-refractivity contribution in [2.45, 2.75) is 25.4 Å². The van der Waals surface area contributed by atoms with Gasteiger partial charge in [0.1, 0.15) is 29.0 Å². The number of carbonyl (C=O) groups is 1.